The lowest BCUT2D eigenvalue weighted by Gasteiger charge is -2.20. The summed E-state index contributed by atoms with van der Waals surface area (Å²) in [6.45, 7) is 5.66. The van der Waals surface area contributed by atoms with E-state index in [-0.39, 0.29) is 35.1 Å². The van der Waals surface area contributed by atoms with Gasteiger partial charge in [-0.1, -0.05) is 74.6 Å². The zero-order valence-electron chi connectivity index (χ0n) is 18.0. The highest BCUT2D eigenvalue weighted by molar-refractivity contribution is 7.18. The highest BCUT2D eigenvalue weighted by Gasteiger charge is 2.30. The molecule has 0 saturated heterocycles. The molecule has 0 radical (unpaired) electrons. The maximum absolute atomic E-state index is 12.6. The normalized spacial score (nSPS) is 11.2. The Bertz CT molecular complexity index is 1210. The first-order valence-electron chi connectivity index (χ1n) is 9.90. The maximum atomic E-state index is 12.6. The van der Waals surface area contributed by atoms with Crippen molar-refractivity contribution in [3.8, 4) is 17.3 Å². The zero-order valence-corrected chi connectivity index (χ0v) is 18.8. The molecule has 164 valence electrons. The van der Waals surface area contributed by atoms with Crippen LogP contribution in [0.1, 0.15) is 47.3 Å². The molecular weight excluding hydrogens is 426 g/mol. The van der Waals surface area contributed by atoms with Gasteiger partial charge in [0.15, 0.2) is 5.01 Å². The van der Waals surface area contributed by atoms with Gasteiger partial charge in [-0.05, 0) is 11.0 Å². The molecule has 0 fully saturated rings. The molecule has 0 amide bonds. The third-order valence-corrected chi connectivity index (χ3v) is 5.83. The number of hydrogen-bond acceptors (Lipinski definition) is 8. The third-order valence-electron chi connectivity index (χ3n) is 4.91. The second-order valence-electron chi connectivity index (χ2n) is 8.24. The number of nitrogens with zero attached hydrogens (tertiary/aromatic N) is 3. The molecule has 32 heavy (non-hydrogen) atoms. The summed E-state index contributed by atoms with van der Waals surface area (Å²) in [5.41, 5.74) is 7.73. The number of Topliss-reactive ketones (excluding diaryl/α,β-unsaturated/α-hetero) is 1. The molecule has 2 aromatic carbocycles. The van der Waals surface area contributed by atoms with Crippen LogP contribution >= 0.6 is 11.3 Å². The zero-order chi connectivity index (χ0) is 23.5. The van der Waals surface area contributed by atoms with E-state index in [4.69, 9.17) is 5.73 Å². The minimum absolute atomic E-state index is 0.00670. The van der Waals surface area contributed by atoms with Crippen LogP contribution in [-0.4, -0.2) is 22.2 Å². The Morgan fingerprint density at radius 1 is 1.25 bits per heavy atom. The molecule has 0 aliphatic heterocycles. The molecule has 0 atom stereocenters. The van der Waals surface area contributed by atoms with E-state index in [0.717, 1.165) is 16.9 Å². The number of nitrogens with one attached hydrogen (secondary N) is 1. The molecule has 3 rings (SSSR count). The lowest BCUT2D eigenvalue weighted by Crippen LogP contribution is -2.23. The standard InChI is InChI=1S/C23H23N5O3S/c1-23(2,3)17-10-9-15(16(11-24)20(17)28(30)31)12-26-13-18(29)22-27-19(21(25)32-22)14-7-5-4-6-8-14/h4-10,26H,12-13,25H2,1-3H3. The minimum Gasteiger partial charge on any atom is -0.389 e. The van der Waals surface area contributed by atoms with E-state index in [1.807, 2.05) is 57.2 Å². The number of aromatic nitrogens is 1. The van der Waals surface area contributed by atoms with Crippen molar-refractivity contribution in [1.82, 2.24) is 10.3 Å². The van der Waals surface area contributed by atoms with E-state index in [2.05, 4.69) is 10.3 Å². The Labute approximate surface area is 189 Å². The molecule has 0 bridgehead atoms. The molecule has 0 spiro atoms. The predicted molar refractivity (Wildman–Crippen MR) is 125 cm³/mol. The van der Waals surface area contributed by atoms with Gasteiger partial charge in [0.1, 0.15) is 22.3 Å². The van der Waals surface area contributed by atoms with Crippen molar-refractivity contribution in [2.24, 2.45) is 0 Å². The van der Waals surface area contributed by atoms with Gasteiger partial charge in [0.05, 0.1) is 11.5 Å². The number of hydrogen-bond donors (Lipinski definition) is 2. The Morgan fingerprint density at radius 2 is 1.94 bits per heavy atom. The van der Waals surface area contributed by atoms with Gasteiger partial charge in [0.25, 0.3) is 5.69 Å². The molecule has 9 heteroatoms. The molecule has 1 aromatic heterocycles. The van der Waals surface area contributed by atoms with Gasteiger partial charge in [0, 0.05) is 17.7 Å². The Morgan fingerprint density at radius 3 is 2.53 bits per heavy atom. The molecule has 8 nitrogen and oxygen atoms in total. The SMILES string of the molecule is CC(C)(C)c1ccc(CNCC(=O)c2nc(-c3ccccc3)c(N)s2)c(C#N)c1[N+](=O)[O-]. The fraction of sp³-hybridized carbons (Fsp3) is 0.261. The molecule has 0 saturated carbocycles. The number of nitriles is 1. The fourth-order valence-electron chi connectivity index (χ4n) is 3.34. The lowest BCUT2D eigenvalue weighted by atomic mass is 9.83. The third kappa shape index (κ3) is 4.82. The number of anilines is 1. The van der Waals surface area contributed by atoms with Gasteiger partial charge in [0.2, 0.25) is 5.78 Å². The number of ketones is 1. The molecule has 0 aliphatic rings. The van der Waals surface area contributed by atoms with E-state index in [1.165, 1.54) is 0 Å². The first-order chi connectivity index (χ1) is 15.1. The van der Waals surface area contributed by atoms with E-state index in [1.54, 1.807) is 12.1 Å². The van der Waals surface area contributed by atoms with Crippen molar-refractivity contribution in [3.63, 3.8) is 0 Å². The molecule has 0 unspecified atom stereocenters. The molecule has 1 heterocycles. The van der Waals surface area contributed by atoms with Crippen LogP contribution in [0.2, 0.25) is 0 Å². The smallest absolute Gasteiger partial charge is 0.291 e. The molecule has 0 aliphatic carbocycles. The molecular formula is C23H23N5O3S. The summed E-state index contributed by atoms with van der Waals surface area (Å²) in [6, 6.07) is 14.7. The van der Waals surface area contributed by atoms with E-state index >= 15 is 0 Å². The van der Waals surface area contributed by atoms with Crippen LogP contribution < -0.4 is 11.1 Å². The van der Waals surface area contributed by atoms with Crippen LogP contribution in [0.5, 0.6) is 0 Å². The topological polar surface area (TPSA) is 135 Å². The number of nitrogen functional groups attached to an aromatic ring is 1. The van der Waals surface area contributed by atoms with E-state index < -0.39 is 10.3 Å². The predicted octanol–water partition coefficient (Wildman–Crippen LogP) is 4.44. The number of thiazole rings is 1. The van der Waals surface area contributed by atoms with Crippen molar-refractivity contribution in [3.05, 3.63) is 74.3 Å². The first-order valence-corrected chi connectivity index (χ1v) is 10.7. The average Bonchev–Trinajstić information content (AvgIpc) is 3.14. The highest BCUT2D eigenvalue weighted by atomic mass is 32.1. The summed E-state index contributed by atoms with van der Waals surface area (Å²) in [7, 11) is 0. The maximum Gasteiger partial charge on any atom is 0.291 e. The van der Waals surface area contributed by atoms with E-state index in [9.17, 15) is 20.2 Å². The van der Waals surface area contributed by atoms with Gasteiger partial charge in [-0.15, -0.1) is 0 Å². The summed E-state index contributed by atoms with van der Waals surface area (Å²) in [5, 5.41) is 25.0. The fourth-order valence-corrected chi connectivity index (χ4v) is 4.13. The number of rotatable bonds is 7. The summed E-state index contributed by atoms with van der Waals surface area (Å²) < 4.78 is 0. The quantitative estimate of drug-likeness (QED) is 0.309. The van der Waals surface area contributed by atoms with Crippen molar-refractivity contribution in [2.75, 3.05) is 12.3 Å². The van der Waals surface area contributed by atoms with Gasteiger partial charge in [-0.3, -0.25) is 14.9 Å². The summed E-state index contributed by atoms with van der Waals surface area (Å²) in [6.07, 6.45) is 0. The second-order valence-corrected chi connectivity index (χ2v) is 9.27. The molecule has 3 N–H and O–H groups in total. The number of nitro benzene ring substituents is 1. The summed E-state index contributed by atoms with van der Waals surface area (Å²) in [5.74, 6) is -0.247. The van der Waals surface area contributed by atoms with Crippen LogP contribution in [0, 0.1) is 21.4 Å². The van der Waals surface area contributed by atoms with Crippen LogP contribution in [0.3, 0.4) is 0 Å². The number of nitro groups is 1. The van der Waals surface area contributed by atoms with Crippen LogP contribution in [0.4, 0.5) is 10.7 Å². The van der Waals surface area contributed by atoms with Crippen molar-refractivity contribution >= 4 is 27.8 Å². The minimum atomic E-state index is -0.517. The highest BCUT2D eigenvalue weighted by Crippen LogP contribution is 2.35. The van der Waals surface area contributed by atoms with E-state index in [0.29, 0.717) is 21.8 Å². The summed E-state index contributed by atoms with van der Waals surface area (Å²) in [4.78, 5) is 28.1. The van der Waals surface area contributed by atoms with Crippen molar-refractivity contribution < 1.29 is 9.72 Å². The Hall–Kier alpha value is -3.61. The summed E-state index contributed by atoms with van der Waals surface area (Å²) >= 11 is 1.12. The molecule has 3 aromatic rings. The largest absolute Gasteiger partial charge is 0.389 e. The van der Waals surface area contributed by atoms with Gasteiger partial charge >= 0.3 is 0 Å². The first kappa shape index (κ1) is 23.1. The number of carbonyl (C=O) groups excluding carboxylic acids is 1. The lowest BCUT2D eigenvalue weighted by molar-refractivity contribution is -0.386. The van der Waals surface area contributed by atoms with Crippen LogP contribution in [0.15, 0.2) is 42.5 Å². The van der Waals surface area contributed by atoms with Gasteiger partial charge in [-0.2, -0.15) is 5.26 Å². The Balaban J connectivity index is 1.76. The van der Waals surface area contributed by atoms with Crippen molar-refractivity contribution in [2.45, 2.75) is 32.7 Å². The van der Waals surface area contributed by atoms with Crippen molar-refractivity contribution in [1.29, 1.82) is 5.26 Å². The number of carbonyl (C=O) groups is 1. The average molecular weight is 450 g/mol. The van der Waals surface area contributed by atoms with Gasteiger partial charge < -0.3 is 11.1 Å². The monoisotopic (exact) mass is 449 g/mol. The number of benzene rings is 2. The Kier molecular flexibility index (Phi) is 6.67. The van der Waals surface area contributed by atoms with Gasteiger partial charge in [-0.25, -0.2) is 4.98 Å². The second kappa shape index (κ2) is 9.26. The van der Waals surface area contributed by atoms with Crippen LogP contribution in [0.25, 0.3) is 11.3 Å². The number of nitrogens with two attached hydrogens (primary N) is 1. The van der Waals surface area contributed by atoms with Crippen LogP contribution in [-0.2, 0) is 12.0 Å².